The van der Waals surface area contributed by atoms with E-state index in [9.17, 15) is 9.59 Å². The predicted octanol–water partition coefficient (Wildman–Crippen LogP) is -2.00. The van der Waals surface area contributed by atoms with Crippen molar-refractivity contribution >= 4 is 11.9 Å². The van der Waals surface area contributed by atoms with E-state index in [1.807, 2.05) is 36.0 Å². The summed E-state index contributed by atoms with van der Waals surface area (Å²) in [6.07, 6.45) is 5.78. The Morgan fingerprint density at radius 1 is 1.38 bits per heavy atom. The van der Waals surface area contributed by atoms with Crippen LogP contribution in [0.2, 0.25) is 0 Å². The minimum absolute atomic E-state index is 0. The van der Waals surface area contributed by atoms with Gasteiger partial charge in [0.2, 0.25) is 5.91 Å². The molecule has 1 aliphatic heterocycles. The van der Waals surface area contributed by atoms with Crippen LogP contribution in [0.1, 0.15) is 24.8 Å². The number of carboxylic acids is 1. The average molecular weight is 357 g/mol. The summed E-state index contributed by atoms with van der Waals surface area (Å²) < 4.78 is 1.98. The zero-order valence-corrected chi connectivity index (χ0v) is 13.8. The van der Waals surface area contributed by atoms with Crippen LogP contribution in [-0.4, -0.2) is 35.0 Å². The Kier molecular flexibility index (Phi) is 6.81. The minimum atomic E-state index is -0.796. The molecular weight excluding hydrogens is 336 g/mol. The summed E-state index contributed by atoms with van der Waals surface area (Å²) in [6, 6.07) is 4.01. The summed E-state index contributed by atoms with van der Waals surface area (Å²) in [5.41, 5.74) is 1.19. The number of carboxylic acid groups (broad SMARTS) is 1. The third-order valence-electron chi connectivity index (χ3n) is 3.77. The first-order valence-corrected chi connectivity index (χ1v) is 7.02. The molecule has 0 radical (unpaired) electrons. The number of aryl methyl sites for hydroxylation is 2. The van der Waals surface area contributed by atoms with Crippen molar-refractivity contribution in [3.63, 3.8) is 0 Å². The van der Waals surface area contributed by atoms with Gasteiger partial charge in [0, 0.05) is 25.2 Å². The van der Waals surface area contributed by atoms with E-state index in [0.717, 1.165) is 6.42 Å². The molecule has 0 aromatic carbocycles. The number of aliphatic carboxylic acids is 1. The molecule has 0 saturated carbocycles. The number of amides is 1. The normalized spacial score (nSPS) is 18.0. The summed E-state index contributed by atoms with van der Waals surface area (Å²) >= 11 is 0. The Bertz CT molecular complexity index is 490. The first-order chi connectivity index (χ1) is 9.56. The highest BCUT2D eigenvalue weighted by atomic mass is 79.9. The number of hydrogen-bond acceptors (Lipinski definition) is 2. The molecule has 1 aliphatic rings. The maximum atomic E-state index is 12.1. The molecule has 1 amide bonds. The van der Waals surface area contributed by atoms with Gasteiger partial charge in [-0.1, -0.05) is 0 Å². The van der Waals surface area contributed by atoms with Crippen molar-refractivity contribution in [2.75, 3.05) is 13.1 Å². The Morgan fingerprint density at radius 2 is 2.05 bits per heavy atom. The van der Waals surface area contributed by atoms with E-state index in [2.05, 4.69) is 0 Å². The molecular formula is C15H21BrN2O3. The fourth-order valence-electron chi connectivity index (χ4n) is 2.47. The maximum Gasteiger partial charge on any atom is 0.308 e. The van der Waals surface area contributed by atoms with E-state index < -0.39 is 11.9 Å². The molecule has 116 valence electrons. The van der Waals surface area contributed by atoms with Gasteiger partial charge in [-0.25, -0.2) is 4.57 Å². The van der Waals surface area contributed by atoms with Gasteiger partial charge in [-0.05, 0) is 25.3 Å². The number of aromatic nitrogens is 1. The molecule has 1 N–H and O–H groups in total. The van der Waals surface area contributed by atoms with Crippen molar-refractivity contribution in [3.8, 4) is 0 Å². The molecule has 1 aromatic rings. The van der Waals surface area contributed by atoms with Gasteiger partial charge in [0.25, 0.3) is 0 Å². The highest BCUT2D eigenvalue weighted by Crippen LogP contribution is 2.17. The first-order valence-electron chi connectivity index (χ1n) is 7.02. The molecule has 2 heterocycles. The smallest absolute Gasteiger partial charge is 0.308 e. The summed E-state index contributed by atoms with van der Waals surface area (Å²) in [5, 5.41) is 9.03. The molecule has 1 unspecified atom stereocenters. The first kappa shape index (κ1) is 17.6. The Hall–Kier alpha value is -1.43. The zero-order chi connectivity index (χ0) is 14.5. The topological polar surface area (TPSA) is 61.5 Å². The highest BCUT2D eigenvalue weighted by Gasteiger charge is 2.28. The van der Waals surface area contributed by atoms with Gasteiger partial charge < -0.3 is 27.0 Å². The van der Waals surface area contributed by atoms with Gasteiger partial charge in [-0.15, -0.1) is 0 Å². The largest absolute Gasteiger partial charge is 1.00 e. The number of likely N-dealkylation sites (tertiary alicyclic amines) is 1. The molecule has 21 heavy (non-hydrogen) atoms. The number of hydrogen-bond donors (Lipinski definition) is 1. The van der Waals surface area contributed by atoms with Gasteiger partial charge in [-0.2, -0.15) is 0 Å². The Morgan fingerprint density at radius 3 is 2.67 bits per heavy atom. The number of carbonyl (C=O) groups excluding carboxylic acids is 1. The lowest BCUT2D eigenvalue weighted by molar-refractivity contribution is -0.696. The highest BCUT2D eigenvalue weighted by molar-refractivity contribution is 5.77. The van der Waals surface area contributed by atoms with Crippen molar-refractivity contribution in [1.82, 2.24) is 4.90 Å². The standard InChI is InChI=1S/C15H20N2O3.BrH/c1-12-4-8-16(9-5-12)10-6-14(18)17-7-2-3-13(11-17)15(19)20;/h4-5,8-9,13H,2-3,6-7,10-11H2,1H3;1H. The fourth-order valence-corrected chi connectivity index (χ4v) is 2.47. The van der Waals surface area contributed by atoms with E-state index >= 15 is 0 Å². The molecule has 0 aliphatic carbocycles. The predicted molar refractivity (Wildman–Crippen MR) is 72.9 cm³/mol. The molecule has 0 spiro atoms. The van der Waals surface area contributed by atoms with Crippen LogP contribution in [0.15, 0.2) is 24.5 Å². The molecule has 2 rings (SSSR count). The van der Waals surface area contributed by atoms with Crippen LogP contribution in [0.5, 0.6) is 0 Å². The quantitative estimate of drug-likeness (QED) is 0.635. The second-order valence-electron chi connectivity index (χ2n) is 5.38. The van der Waals surface area contributed by atoms with Crippen LogP contribution in [0.25, 0.3) is 0 Å². The van der Waals surface area contributed by atoms with Crippen LogP contribution in [0, 0.1) is 12.8 Å². The lowest BCUT2D eigenvalue weighted by Crippen LogP contribution is -3.00. The van der Waals surface area contributed by atoms with Crippen LogP contribution in [0.3, 0.4) is 0 Å². The van der Waals surface area contributed by atoms with Gasteiger partial charge >= 0.3 is 5.97 Å². The molecule has 1 atom stereocenters. The number of halogens is 1. The lowest BCUT2D eigenvalue weighted by Gasteiger charge is -2.30. The second kappa shape index (κ2) is 8.12. The number of pyridine rings is 1. The van der Waals surface area contributed by atoms with E-state index in [4.69, 9.17) is 5.11 Å². The number of rotatable bonds is 4. The fraction of sp³-hybridized carbons (Fsp3) is 0.533. The molecule has 6 heteroatoms. The monoisotopic (exact) mass is 356 g/mol. The minimum Gasteiger partial charge on any atom is -1.00 e. The summed E-state index contributed by atoms with van der Waals surface area (Å²) in [5.74, 6) is -1.15. The van der Waals surface area contributed by atoms with E-state index in [1.165, 1.54) is 5.56 Å². The van der Waals surface area contributed by atoms with Gasteiger partial charge in [-0.3, -0.25) is 9.59 Å². The summed E-state index contributed by atoms with van der Waals surface area (Å²) in [4.78, 5) is 24.8. The molecule has 0 bridgehead atoms. The van der Waals surface area contributed by atoms with E-state index in [1.54, 1.807) is 4.90 Å². The number of nitrogens with zero attached hydrogens (tertiary/aromatic N) is 2. The van der Waals surface area contributed by atoms with Gasteiger partial charge in [0.1, 0.15) is 0 Å². The number of piperidine rings is 1. The van der Waals surface area contributed by atoms with Crippen LogP contribution in [-0.2, 0) is 16.1 Å². The summed E-state index contributed by atoms with van der Waals surface area (Å²) in [7, 11) is 0. The number of carbonyl (C=O) groups is 2. The van der Waals surface area contributed by atoms with Gasteiger partial charge in [0.15, 0.2) is 18.9 Å². The third kappa shape index (κ3) is 5.12. The van der Waals surface area contributed by atoms with Crippen molar-refractivity contribution < 1.29 is 36.2 Å². The maximum absolute atomic E-state index is 12.1. The van der Waals surface area contributed by atoms with Crippen molar-refractivity contribution in [2.24, 2.45) is 5.92 Å². The third-order valence-corrected chi connectivity index (χ3v) is 3.77. The summed E-state index contributed by atoms with van der Waals surface area (Å²) in [6.45, 7) is 3.69. The van der Waals surface area contributed by atoms with Crippen molar-refractivity contribution in [1.29, 1.82) is 0 Å². The molecule has 5 nitrogen and oxygen atoms in total. The van der Waals surface area contributed by atoms with E-state index in [0.29, 0.717) is 32.5 Å². The van der Waals surface area contributed by atoms with Gasteiger partial charge in [0.05, 0.1) is 12.3 Å². The lowest BCUT2D eigenvalue weighted by atomic mass is 9.98. The van der Waals surface area contributed by atoms with Crippen molar-refractivity contribution in [2.45, 2.75) is 32.7 Å². The van der Waals surface area contributed by atoms with Crippen LogP contribution >= 0.6 is 0 Å². The van der Waals surface area contributed by atoms with Crippen LogP contribution < -0.4 is 21.5 Å². The van der Waals surface area contributed by atoms with Crippen LogP contribution in [0.4, 0.5) is 0 Å². The van der Waals surface area contributed by atoms with E-state index in [-0.39, 0.29) is 22.9 Å². The second-order valence-corrected chi connectivity index (χ2v) is 5.38. The molecule has 1 aromatic heterocycles. The Labute approximate surface area is 135 Å². The zero-order valence-electron chi connectivity index (χ0n) is 12.2. The molecule has 1 saturated heterocycles. The SMILES string of the molecule is Cc1cc[n+](CCC(=O)N2CCCC(C(=O)O)C2)cc1.[Br-]. The Balaban J connectivity index is 0.00000220. The average Bonchev–Trinajstić information content (AvgIpc) is 2.46. The van der Waals surface area contributed by atoms with Crippen molar-refractivity contribution in [3.05, 3.63) is 30.1 Å². The molecule has 1 fully saturated rings.